The van der Waals surface area contributed by atoms with Crippen LogP contribution in [0.25, 0.3) is 10.9 Å². The highest BCUT2D eigenvalue weighted by atomic mass is 15.2. The van der Waals surface area contributed by atoms with Gasteiger partial charge in [0.15, 0.2) is 0 Å². The highest BCUT2D eigenvalue weighted by molar-refractivity contribution is 5.80. The molecule has 0 amide bonds. The summed E-state index contributed by atoms with van der Waals surface area (Å²) in [5.74, 6) is 1.09. The Morgan fingerprint density at radius 3 is 2.95 bits per heavy atom. The number of anilines is 1. The SMILES string of the molecule is CN(c1ccc2ccccc2n1)C1CCCNCC1. The number of hydrogen-bond donors (Lipinski definition) is 1. The summed E-state index contributed by atoms with van der Waals surface area (Å²) in [5, 5.41) is 4.68. The molecule has 2 heterocycles. The van der Waals surface area contributed by atoms with Crippen LogP contribution in [0.3, 0.4) is 0 Å². The van der Waals surface area contributed by atoms with Crippen molar-refractivity contribution < 1.29 is 0 Å². The van der Waals surface area contributed by atoms with Crippen molar-refractivity contribution in [2.75, 3.05) is 25.0 Å². The van der Waals surface area contributed by atoms with Crippen LogP contribution in [0.2, 0.25) is 0 Å². The zero-order valence-corrected chi connectivity index (χ0v) is 11.5. The summed E-state index contributed by atoms with van der Waals surface area (Å²) in [6, 6.07) is 13.2. The second-order valence-corrected chi connectivity index (χ2v) is 5.31. The second kappa shape index (κ2) is 5.57. The predicted molar refractivity (Wildman–Crippen MR) is 80.7 cm³/mol. The van der Waals surface area contributed by atoms with Gasteiger partial charge in [0.05, 0.1) is 5.52 Å². The molecule has 19 heavy (non-hydrogen) atoms. The molecular weight excluding hydrogens is 234 g/mol. The molecule has 1 aliphatic rings. The Hall–Kier alpha value is -1.61. The van der Waals surface area contributed by atoms with E-state index in [4.69, 9.17) is 4.98 Å². The van der Waals surface area contributed by atoms with Crippen molar-refractivity contribution in [3.8, 4) is 0 Å². The molecule has 0 saturated carbocycles. The van der Waals surface area contributed by atoms with E-state index in [1.54, 1.807) is 0 Å². The van der Waals surface area contributed by atoms with Crippen LogP contribution in [0.5, 0.6) is 0 Å². The molecule has 3 nitrogen and oxygen atoms in total. The van der Waals surface area contributed by atoms with Crippen molar-refractivity contribution in [2.24, 2.45) is 0 Å². The van der Waals surface area contributed by atoms with E-state index in [1.807, 2.05) is 0 Å². The third-order valence-corrected chi connectivity index (χ3v) is 4.04. The summed E-state index contributed by atoms with van der Waals surface area (Å²) in [6.45, 7) is 2.26. The molecule has 1 aromatic carbocycles. The van der Waals surface area contributed by atoms with Gasteiger partial charge >= 0.3 is 0 Å². The van der Waals surface area contributed by atoms with Gasteiger partial charge in [-0.05, 0) is 50.6 Å². The van der Waals surface area contributed by atoms with Crippen molar-refractivity contribution in [2.45, 2.75) is 25.3 Å². The Bertz CT molecular complexity index is 544. The number of nitrogens with zero attached hydrogens (tertiary/aromatic N) is 2. The zero-order chi connectivity index (χ0) is 13.1. The van der Waals surface area contributed by atoms with Crippen LogP contribution >= 0.6 is 0 Å². The molecule has 3 rings (SSSR count). The number of benzene rings is 1. The molecule has 0 spiro atoms. The molecule has 3 heteroatoms. The molecular formula is C16H21N3. The molecule has 1 aliphatic heterocycles. The van der Waals surface area contributed by atoms with Crippen LogP contribution in [0.15, 0.2) is 36.4 Å². The average molecular weight is 255 g/mol. The van der Waals surface area contributed by atoms with E-state index in [2.05, 4.69) is 53.7 Å². The average Bonchev–Trinajstić information content (AvgIpc) is 2.75. The monoisotopic (exact) mass is 255 g/mol. The quantitative estimate of drug-likeness (QED) is 0.894. The van der Waals surface area contributed by atoms with Crippen LogP contribution < -0.4 is 10.2 Å². The normalized spacial score (nSPS) is 20.2. The van der Waals surface area contributed by atoms with E-state index in [9.17, 15) is 0 Å². The number of pyridine rings is 1. The zero-order valence-electron chi connectivity index (χ0n) is 11.5. The molecule has 100 valence electrons. The number of fused-ring (bicyclic) bond motifs is 1. The molecule has 1 unspecified atom stereocenters. The van der Waals surface area contributed by atoms with Crippen molar-refractivity contribution in [3.63, 3.8) is 0 Å². The van der Waals surface area contributed by atoms with Gasteiger partial charge in [-0.25, -0.2) is 4.98 Å². The molecule has 1 atom stereocenters. The molecule has 0 radical (unpaired) electrons. The minimum Gasteiger partial charge on any atom is -0.357 e. The number of nitrogens with one attached hydrogen (secondary N) is 1. The van der Waals surface area contributed by atoms with Gasteiger partial charge in [0, 0.05) is 18.5 Å². The van der Waals surface area contributed by atoms with Gasteiger partial charge in [-0.1, -0.05) is 18.2 Å². The van der Waals surface area contributed by atoms with Gasteiger partial charge in [-0.3, -0.25) is 0 Å². The third kappa shape index (κ3) is 2.71. The van der Waals surface area contributed by atoms with E-state index in [0.717, 1.165) is 24.4 Å². The highest BCUT2D eigenvalue weighted by Crippen LogP contribution is 2.21. The summed E-state index contributed by atoms with van der Waals surface area (Å²) in [4.78, 5) is 7.13. The van der Waals surface area contributed by atoms with E-state index < -0.39 is 0 Å². The van der Waals surface area contributed by atoms with Crippen LogP contribution in [-0.2, 0) is 0 Å². The van der Waals surface area contributed by atoms with Gasteiger partial charge in [0.25, 0.3) is 0 Å². The summed E-state index contributed by atoms with van der Waals surface area (Å²) in [5.41, 5.74) is 1.08. The predicted octanol–water partition coefficient (Wildman–Crippen LogP) is 2.81. The van der Waals surface area contributed by atoms with E-state index in [0.29, 0.717) is 6.04 Å². The Morgan fingerprint density at radius 2 is 2.00 bits per heavy atom. The van der Waals surface area contributed by atoms with Crippen molar-refractivity contribution in [1.82, 2.24) is 10.3 Å². The second-order valence-electron chi connectivity index (χ2n) is 5.31. The van der Waals surface area contributed by atoms with Crippen molar-refractivity contribution in [1.29, 1.82) is 0 Å². The number of aromatic nitrogens is 1. The van der Waals surface area contributed by atoms with Gasteiger partial charge in [0.1, 0.15) is 5.82 Å². The number of hydrogen-bond acceptors (Lipinski definition) is 3. The largest absolute Gasteiger partial charge is 0.357 e. The topological polar surface area (TPSA) is 28.2 Å². The molecule has 2 aromatic rings. The Morgan fingerprint density at radius 1 is 1.11 bits per heavy atom. The maximum atomic E-state index is 4.79. The van der Waals surface area contributed by atoms with Gasteiger partial charge < -0.3 is 10.2 Å². The molecule has 1 aromatic heterocycles. The van der Waals surface area contributed by atoms with E-state index in [1.165, 1.54) is 24.6 Å². The molecule has 0 bridgehead atoms. The lowest BCUT2D eigenvalue weighted by atomic mass is 10.1. The Labute approximate surface area is 114 Å². The number of para-hydroxylation sites is 1. The number of rotatable bonds is 2. The van der Waals surface area contributed by atoms with Gasteiger partial charge in [0.2, 0.25) is 0 Å². The smallest absolute Gasteiger partial charge is 0.129 e. The lowest BCUT2D eigenvalue weighted by molar-refractivity contribution is 0.563. The summed E-state index contributed by atoms with van der Waals surface area (Å²) in [6.07, 6.45) is 3.70. The molecule has 1 N–H and O–H groups in total. The first-order valence-electron chi connectivity index (χ1n) is 7.14. The molecule has 1 saturated heterocycles. The van der Waals surface area contributed by atoms with Crippen molar-refractivity contribution in [3.05, 3.63) is 36.4 Å². The maximum Gasteiger partial charge on any atom is 0.129 e. The maximum absolute atomic E-state index is 4.79. The van der Waals surface area contributed by atoms with E-state index in [-0.39, 0.29) is 0 Å². The standard InChI is InChI=1S/C16H21N3/c1-19(14-6-4-11-17-12-10-14)16-9-8-13-5-2-3-7-15(13)18-16/h2-3,5,7-9,14,17H,4,6,10-12H2,1H3. The molecule has 0 aliphatic carbocycles. The summed E-state index contributed by atoms with van der Waals surface area (Å²) in [7, 11) is 2.17. The van der Waals surface area contributed by atoms with Crippen LogP contribution in [0, 0.1) is 0 Å². The minimum absolute atomic E-state index is 0.601. The first kappa shape index (κ1) is 12.4. The van der Waals surface area contributed by atoms with Gasteiger partial charge in [-0.15, -0.1) is 0 Å². The van der Waals surface area contributed by atoms with E-state index >= 15 is 0 Å². The summed E-state index contributed by atoms with van der Waals surface area (Å²) >= 11 is 0. The Kier molecular flexibility index (Phi) is 3.65. The van der Waals surface area contributed by atoms with Crippen LogP contribution in [-0.4, -0.2) is 31.2 Å². The fourth-order valence-corrected chi connectivity index (χ4v) is 2.83. The lowest BCUT2D eigenvalue weighted by Gasteiger charge is -2.28. The molecule has 1 fully saturated rings. The van der Waals surface area contributed by atoms with Crippen LogP contribution in [0.1, 0.15) is 19.3 Å². The van der Waals surface area contributed by atoms with Gasteiger partial charge in [-0.2, -0.15) is 0 Å². The fraction of sp³-hybridized carbons (Fsp3) is 0.438. The highest BCUT2D eigenvalue weighted by Gasteiger charge is 2.17. The van der Waals surface area contributed by atoms with Crippen LogP contribution in [0.4, 0.5) is 5.82 Å². The first-order valence-corrected chi connectivity index (χ1v) is 7.14. The lowest BCUT2D eigenvalue weighted by Crippen LogP contribution is -2.32. The third-order valence-electron chi connectivity index (χ3n) is 4.04. The Balaban J connectivity index is 1.85. The summed E-state index contributed by atoms with van der Waals surface area (Å²) < 4.78 is 0. The minimum atomic E-state index is 0.601. The first-order chi connectivity index (χ1) is 9.34. The van der Waals surface area contributed by atoms with Crippen molar-refractivity contribution >= 4 is 16.7 Å². The fourth-order valence-electron chi connectivity index (χ4n) is 2.83.